The summed E-state index contributed by atoms with van der Waals surface area (Å²) in [5, 5.41) is 0. The predicted molar refractivity (Wildman–Crippen MR) is 235 cm³/mol. The van der Waals surface area contributed by atoms with Crippen LogP contribution in [-0.4, -0.2) is 22.6 Å². The topological polar surface area (TPSA) is 0 Å². The molecule has 0 spiro atoms. The van der Waals surface area contributed by atoms with Gasteiger partial charge in [0.15, 0.2) is 0 Å². The third-order valence-corrected chi connectivity index (χ3v) is 22.3. The summed E-state index contributed by atoms with van der Waals surface area (Å²) in [5.41, 5.74) is 7.27. The summed E-state index contributed by atoms with van der Waals surface area (Å²) in [5.74, 6) is 10.8. The Labute approximate surface area is 347 Å². The molecule has 0 heterocycles. The van der Waals surface area contributed by atoms with E-state index in [1.165, 1.54) is 77.0 Å². The Kier molecular flexibility index (Phi) is 19.6. The smallest absolute Gasteiger partial charge is 0.0918 e. The molecule has 0 aromatic rings. The van der Waals surface area contributed by atoms with Gasteiger partial charge in [-0.05, 0) is 196 Å². The zero-order valence-corrected chi connectivity index (χ0v) is 39.5. The second kappa shape index (κ2) is 22.1. The van der Waals surface area contributed by atoms with Crippen molar-refractivity contribution in [3.63, 3.8) is 0 Å². The molecule has 300 valence electrons. The van der Waals surface area contributed by atoms with E-state index < -0.39 is 0 Å². The van der Waals surface area contributed by atoms with Gasteiger partial charge in [-0.2, -0.15) is 0 Å². The van der Waals surface area contributed by atoms with Gasteiger partial charge in [-0.15, -0.1) is 0 Å². The maximum atomic E-state index is 2.52. The summed E-state index contributed by atoms with van der Waals surface area (Å²) >= 11 is 0. The van der Waals surface area contributed by atoms with E-state index in [9.17, 15) is 0 Å². The molecule has 0 aliphatic heterocycles. The molecule has 10 radical (unpaired) electrons. The number of hydrogen-bond donors (Lipinski definition) is 0. The fraction of sp³-hybridized carbons (Fsp3) is 0.800. The van der Waals surface area contributed by atoms with E-state index in [2.05, 4.69) is 134 Å². The van der Waals surface area contributed by atoms with Crippen LogP contribution in [0.3, 0.4) is 0 Å². The van der Waals surface area contributed by atoms with E-state index in [4.69, 9.17) is 0 Å². The van der Waals surface area contributed by atoms with Crippen LogP contribution in [0.15, 0.2) is 0 Å². The first-order valence-electron chi connectivity index (χ1n) is 22.8. The van der Waals surface area contributed by atoms with Crippen molar-refractivity contribution in [3.8, 4) is 0 Å². The average Bonchev–Trinajstić information content (AvgIpc) is 3.81. The molecule has 6 aliphatic rings. The SMILES string of the molecule is CC(C)[C@H]1CC[C@H](C)C[C@@H]1P([C]1[CH][CH][CH][CH]1)[C@H]1C[C@@H](C)CC[C@H]1C(C)C.CC(C)[C@H]1CC[C@H](C)C[C@@H]1P([C]1[CH][CH][CH][CH]1)[C@H]1C[C@@H](C)CC[C@H]1C(C)C.[Fe+2]. The Balaban J connectivity index is 0.000000232. The maximum Gasteiger partial charge on any atom is 2.00 e. The Morgan fingerprint density at radius 2 is 0.585 bits per heavy atom. The first-order valence-corrected chi connectivity index (χ1v) is 25.7. The van der Waals surface area contributed by atoms with Crippen molar-refractivity contribution < 1.29 is 17.1 Å². The van der Waals surface area contributed by atoms with Gasteiger partial charge in [-0.3, -0.25) is 0 Å². The summed E-state index contributed by atoms with van der Waals surface area (Å²) in [6.07, 6.45) is 36.8. The number of hydrogen-bond acceptors (Lipinski definition) is 0. The second-order valence-electron chi connectivity index (χ2n) is 20.7. The molecule has 3 heteroatoms. The van der Waals surface area contributed by atoms with Crippen molar-refractivity contribution in [2.24, 2.45) is 71.0 Å². The van der Waals surface area contributed by atoms with Crippen molar-refractivity contribution in [1.29, 1.82) is 0 Å². The van der Waals surface area contributed by atoms with Crippen LogP contribution in [0.25, 0.3) is 0 Å². The molecule has 0 nitrogen and oxygen atoms in total. The maximum absolute atomic E-state index is 2.52. The van der Waals surface area contributed by atoms with Gasteiger partial charge in [0.25, 0.3) is 0 Å². The standard InChI is InChI=1S/2C25H42P.Fe/c2*1-17(2)22-13-11-19(5)15-24(22)26(21-9-7-8-10-21)25-16-20(6)12-14-23(25)18(3)4;/h2*7-10,17-20,22-25H,11-16H2,1-6H3;/q;;+2/t2*19-,20-,22-,23+,24-,25-,26?;/m00./s1. The van der Waals surface area contributed by atoms with E-state index in [0.29, 0.717) is 0 Å². The van der Waals surface area contributed by atoms with Crippen molar-refractivity contribution >= 4 is 15.8 Å². The van der Waals surface area contributed by atoms with E-state index in [-0.39, 0.29) is 32.9 Å². The van der Waals surface area contributed by atoms with E-state index >= 15 is 0 Å². The third kappa shape index (κ3) is 12.2. The monoisotopic (exact) mass is 803 g/mol. The Bertz CT molecular complexity index is 867. The zero-order chi connectivity index (χ0) is 37.7. The van der Waals surface area contributed by atoms with Gasteiger partial charge in [-0.25, -0.2) is 0 Å². The molecule has 0 aromatic heterocycles. The van der Waals surface area contributed by atoms with Crippen molar-refractivity contribution in [3.05, 3.63) is 62.7 Å². The molecule has 6 aliphatic carbocycles. The first-order chi connectivity index (χ1) is 24.8. The molecular weight excluding hydrogens is 718 g/mol. The van der Waals surface area contributed by atoms with Gasteiger partial charge in [0, 0.05) is 11.3 Å². The van der Waals surface area contributed by atoms with E-state index in [1.807, 2.05) is 0 Å². The molecule has 2 unspecified atom stereocenters. The van der Waals surface area contributed by atoms with Crippen LogP contribution in [0.4, 0.5) is 0 Å². The van der Waals surface area contributed by atoms with E-state index in [1.54, 1.807) is 11.3 Å². The Morgan fingerprint density at radius 3 is 0.774 bits per heavy atom. The summed E-state index contributed by atoms with van der Waals surface area (Å²) in [6.45, 7) is 30.0. The second-order valence-corrected chi connectivity index (χ2v) is 26.0. The van der Waals surface area contributed by atoms with Crippen LogP contribution in [-0.2, 0) is 17.1 Å². The third-order valence-electron chi connectivity index (χ3n) is 15.3. The van der Waals surface area contributed by atoms with Gasteiger partial charge in [0.1, 0.15) is 0 Å². The van der Waals surface area contributed by atoms with Gasteiger partial charge in [-0.1, -0.05) is 125 Å². The molecule has 0 N–H and O–H groups in total. The molecule has 6 saturated carbocycles. The first kappa shape index (κ1) is 47.1. The minimum atomic E-state index is -0.0518. The summed E-state index contributed by atoms with van der Waals surface area (Å²) < 4.78 is 0. The number of rotatable bonds is 10. The molecular formula is C50H84FeP2+2. The van der Waals surface area contributed by atoms with E-state index in [0.717, 1.165) is 93.7 Å². The molecule has 6 rings (SSSR count). The quantitative estimate of drug-likeness (QED) is 0.152. The molecule has 0 amide bonds. The predicted octanol–water partition coefficient (Wildman–Crippen LogP) is 15.5. The summed E-state index contributed by atoms with van der Waals surface area (Å²) in [7, 11) is -0.104. The normalized spacial score (nSPS) is 40.3. The fourth-order valence-corrected chi connectivity index (χ4v) is 21.7. The summed E-state index contributed by atoms with van der Waals surface area (Å²) in [4.78, 5) is 0. The minimum Gasteiger partial charge on any atom is -0.0918 e. The molecule has 0 bridgehead atoms. The Morgan fingerprint density at radius 1 is 0.377 bits per heavy atom. The average molecular weight is 803 g/mol. The van der Waals surface area contributed by atoms with Crippen molar-refractivity contribution in [1.82, 2.24) is 0 Å². The largest absolute Gasteiger partial charge is 2.00 e. The van der Waals surface area contributed by atoms with Gasteiger partial charge in [0.2, 0.25) is 0 Å². The molecule has 6 fully saturated rings. The fourth-order valence-electron chi connectivity index (χ4n) is 12.2. The van der Waals surface area contributed by atoms with Gasteiger partial charge >= 0.3 is 17.1 Å². The Hall–Kier alpha value is 1.38. The van der Waals surface area contributed by atoms with Crippen LogP contribution in [0.5, 0.6) is 0 Å². The molecule has 14 atom stereocenters. The molecule has 53 heavy (non-hydrogen) atoms. The zero-order valence-electron chi connectivity index (χ0n) is 36.6. The molecule has 0 aromatic carbocycles. The van der Waals surface area contributed by atoms with Crippen LogP contribution >= 0.6 is 15.8 Å². The van der Waals surface area contributed by atoms with Gasteiger partial charge in [0.05, 0.1) is 0 Å². The van der Waals surface area contributed by atoms with Crippen LogP contribution in [0.2, 0.25) is 0 Å². The van der Waals surface area contributed by atoms with Crippen LogP contribution in [0, 0.1) is 134 Å². The van der Waals surface area contributed by atoms with Crippen molar-refractivity contribution in [2.75, 3.05) is 0 Å². The van der Waals surface area contributed by atoms with Crippen LogP contribution in [0.1, 0.15) is 160 Å². The summed E-state index contributed by atoms with van der Waals surface area (Å²) in [6, 6.07) is 0. The van der Waals surface area contributed by atoms with Gasteiger partial charge < -0.3 is 0 Å². The van der Waals surface area contributed by atoms with Crippen LogP contribution < -0.4 is 0 Å². The minimum absolute atomic E-state index is 0. The van der Waals surface area contributed by atoms with Crippen molar-refractivity contribution in [2.45, 2.75) is 183 Å². The molecule has 0 saturated heterocycles.